The number of nitrogens with one attached hydrogen (secondary N) is 1. The van der Waals surface area contributed by atoms with Crippen LogP contribution in [0.4, 0.5) is 5.69 Å². The minimum absolute atomic E-state index is 0.0511. The van der Waals surface area contributed by atoms with Gasteiger partial charge in [-0.15, -0.1) is 0 Å². The van der Waals surface area contributed by atoms with Crippen LogP contribution in [0.3, 0.4) is 0 Å². The molecule has 0 unspecified atom stereocenters. The average molecular weight is 364 g/mol. The van der Waals surface area contributed by atoms with E-state index in [4.69, 9.17) is 0 Å². The van der Waals surface area contributed by atoms with E-state index < -0.39 is 0 Å². The van der Waals surface area contributed by atoms with Crippen molar-refractivity contribution in [2.24, 2.45) is 0 Å². The highest BCUT2D eigenvalue weighted by molar-refractivity contribution is 9.11. The van der Waals surface area contributed by atoms with Gasteiger partial charge in [-0.25, -0.2) is 0 Å². The van der Waals surface area contributed by atoms with Crippen LogP contribution in [-0.2, 0) is 4.79 Å². The largest absolute Gasteiger partial charge is 0.322 e. The second-order valence-electron chi connectivity index (χ2n) is 6.03. The summed E-state index contributed by atoms with van der Waals surface area (Å²) in [5.74, 6) is 0.0511. The fourth-order valence-electron chi connectivity index (χ4n) is 2.89. The number of anilines is 1. The number of amides is 1. The van der Waals surface area contributed by atoms with Crippen molar-refractivity contribution in [1.82, 2.24) is 0 Å². The van der Waals surface area contributed by atoms with E-state index in [1.807, 2.05) is 30.3 Å². The molecule has 22 heavy (non-hydrogen) atoms. The standard InChI is InChI=1S/C19H26BrNO/c20-18-15-11-6-4-2-1-3-5-10-14-17(18)19(22)21-16-12-8-7-9-13-16/h7-9,12-13H,1-6,10-11,14-15H2,(H,21,22)/b18-17-. The molecule has 0 saturated heterocycles. The van der Waals surface area contributed by atoms with Gasteiger partial charge in [0, 0.05) is 15.7 Å². The Kier molecular flexibility index (Phi) is 7.72. The van der Waals surface area contributed by atoms with E-state index in [1.54, 1.807) is 0 Å². The normalized spacial score (nSPS) is 21.5. The summed E-state index contributed by atoms with van der Waals surface area (Å²) < 4.78 is 1.10. The number of rotatable bonds is 2. The molecular formula is C19H26BrNO. The molecule has 0 saturated carbocycles. The van der Waals surface area contributed by atoms with Crippen molar-refractivity contribution in [3.8, 4) is 0 Å². The van der Waals surface area contributed by atoms with Gasteiger partial charge in [0.2, 0.25) is 0 Å². The minimum atomic E-state index is 0.0511. The number of halogens is 1. The summed E-state index contributed by atoms with van der Waals surface area (Å²) in [4.78, 5) is 12.6. The lowest BCUT2D eigenvalue weighted by Gasteiger charge is -2.13. The molecule has 1 amide bonds. The van der Waals surface area contributed by atoms with Crippen molar-refractivity contribution in [2.45, 2.75) is 64.2 Å². The molecule has 120 valence electrons. The lowest BCUT2D eigenvalue weighted by molar-refractivity contribution is -0.113. The summed E-state index contributed by atoms with van der Waals surface area (Å²) >= 11 is 3.68. The minimum Gasteiger partial charge on any atom is -0.322 e. The summed E-state index contributed by atoms with van der Waals surface area (Å²) in [7, 11) is 0. The van der Waals surface area contributed by atoms with Gasteiger partial charge in [-0.05, 0) is 37.8 Å². The molecule has 0 fully saturated rings. The molecule has 1 aliphatic carbocycles. The molecule has 2 rings (SSSR count). The third kappa shape index (κ3) is 5.96. The van der Waals surface area contributed by atoms with Gasteiger partial charge in [0.15, 0.2) is 0 Å². The Bertz CT molecular complexity index is 495. The smallest absolute Gasteiger partial charge is 0.252 e. The molecule has 1 aromatic rings. The van der Waals surface area contributed by atoms with E-state index in [-0.39, 0.29) is 5.91 Å². The first-order chi connectivity index (χ1) is 10.8. The van der Waals surface area contributed by atoms with Crippen LogP contribution in [-0.4, -0.2) is 5.91 Å². The van der Waals surface area contributed by atoms with Gasteiger partial charge in [0.05, 0.1) is 0 Å². The van der Waals surface area contributed by atoms with E-state index in [9.17, 15) is 4.79 Å². The number of carbonyl (C=O) groups is 1. The number of benzene rings is 1. The molecule has 0 aromatic heterocycles. The number of carbonyl (C=O) groups excluding carboxylic acids is 1. The zero-order valence-electron chi connectivity index (χ0n) is 13.2. The Morgan fingerprint density at radius 3 is 2.00 bits per heavy atom. The zero-order valence-corrected chi connectivity index (χ0v) is 14.8. The van der Waals surface area contributed by atoms with Crippen LogP contribution in [0.1, 0.15) is 64.2 Å². The predicted molar refractivity (Wildman–Crippen MR) is 97.2 cm³/mol. The summed E-state index contributed by atoms with van der Waals surface area (Å²) in [6.45, 7) is 0. The maximum atomic E-state index is 12.6. The van der Waals surface area contributed by atoms with Crippen molar-refractivity contribution >= 4 is 27.5 Å². The second-order valence-corrected chi connectivity index (χ2v) is 6.99. The monoisotopic (exact) mass is 363 g/mol. The molecule has 0 heterocycles. The van der Waals surface area contributed by atoms with Gasteiger partial charge >= 0.3 is 0 Å². The van der Waals surface area contributed by atoms with Gasteiger partial charge in [-0.3, -0.25) is 4.79 Å². The SMILES string of the molecule is O=C(Nc1ccccc1)/C1=C(\Br)CCCCCCCCCC1. The highest BCUT2D eigenvalue weighted by atomic mass is 79.9. The lowest BCUT2D eigenvalue weighted by atomic mass is 10.00. The van der Waals surface area contributed by atoms with E-state index in [0.29, 0.717) is 0 Å². The molecule has 0 aliphatic heterocycles. The first-order valence-electron chi connectivity index (χ1n) is 8.51. The van der Waals surface area contributed by atoms with Crippen molar-refractivity contribution < 1.29 is 4.79 Å². The molecule has 3 heteroatoms. The highest BCUT2D eigenvalue weighted by Crippen LogP contribution is 2.26. The van der Waals surface area contributed by atoms with Gasteiger partial charge < -0.3 is 5.32 Å². The predicted octanol–water partition coefficient (Wildman–Crippen LogP) is 6.19. The topological polar surface area (TPSA) is 29.1 Å². The number of para-hydroxylation sites is 1. The summed E-state index contributed by atoms with van der Waals surface area (Å²) in [6.07, 6.45) is 12.0. The Labute approximate surface area is 142 Å². The zero-order chi connectivity index (χ0) is 15.6. The van der Waals surface area contributed by atoms with Gasteiger partial charge in [0.25, 0.3) is 5.91 Å². The van der Waals surface area contributed by atoms with Crippen LogP contribution in [0.15, 0.2) is 40.4 Å². The van der Waals surface area contributed by atoms with Crippen molar-refractivity contribution in [3.05, 3.63) is 40.4 Å². The molecule has 0 spiro atoms. The lowest BCUT2D eigenvalue weighted by Crippen LogP contribution is -2.15. The third-order valence-electron chi connectivity index (χ3n) is 4.21. The Morgan fingerprint density at radius 2 is 1.36 bits per heavy atom. The van der Waals surface area contributed by atoms with Crippen LogP contribution in [0, 0.1) is 0 Å². The Balaban J connectivity index is 2.04. The summed E-state index contributed by atoms with van der Waals surface area (Å²) in [6, 6.07) is 9.71. The van der Waals surface area contributed by atoms with Gasteiger partial charge in [0.1, 0.15) is 0 Å². The molecule has 0 bridgehead atoms. The van der Waals surface area contributed by atoms with E-state index >= 15 is 0 Å². The molecule has 2 nitrogen and oxygen atoms in total. The van der Waals surface area contributed by atoms with E-state index in [0.717, 1.165) is 35.0 Å². The summed E-state index contributed by atoms with van der Waals surface area (Å²) in [5.41, 5.74) is 1.80. The highest BCUT2D eigenvalue weighted by Gasteiger charge is 2.14. The fraction of sp³-hybridized carbons (Fsp3) is 0.526. The summed E-state index contributed by atoms with van der Waals surface area (Å²) in [5, 5.41) is 3.03. The molecule has 1 aliphatic rings. The average Bonchev–Trinajstić information content (AvgIpc) is 2.51. The van der Waals surface area contributed by atoms with E-state index in [1.165, 1.54) is 44.9 Å². The maximum absolute atomic E-state index is 12.6. The van der Waals surface area contributed by atoms with Gasteiger partial charge in [-0.2, -0.15) is 0 Å². The second kappa shape index (κ2) is 9.83. The number of allylic oxidation sites excluding steroid dienone is 1. The first-order valence-corrected chi connectivity index (χ1v) is 9.30. The number of hydrogen-bond acceptors (Lipinski definition) is 1. The van der Waals surface area contributed by atoms with Crippen molar-refractivity contribution in [2.75, 3.05) is 5.32 Å². The van der Waals surface area contributed by atoms with Crippen LogP contribution in [0.25, 0.3) is 0 Å². The van der Waals surface area contributed by atoms with E-state index in [2.05, 4.69) is 21.2 Å². The first kappa shape index (κ1) is 17.3. The fourth-order valence-corrected chi connectivity index (χ4v) is 3.55. The molecule has 0 atom stereocenters. The quantitative estimate of drug-likeness (QED) is 0.666. The molecule has 0 radical (unpaired) electrons. The Hall–Kier alpha value is -1.09. The third-order valence-corrected chi connectivity index (χ3v) is 5.08. The van der Waals surface area contributed by atoms with Crippen LogP contribution in [0.5, 0.6) is 0 Å². The van der Waals surface area contributed by atoms with Gasteiger partial charge in [-0.1, -0.05) is 72.7 Å². The number of hydrogen-bond donors (Lipinski definition) is 1. The van der Waals surface area contributed by atoms with Crippen LogP contribution >= 0.6 is 15.9 Å². The van der Waals surface area contributed by atoms with Crippen molar-refractivity contribution in [3.63, 3.8) is 0 Å². The van der Waals surface area contributed by atoms with Crippen LogP contribution < -0.4 is 5.32 Å². The molecular weight excluding hydrogens is 338 g/mol. The Morgan fingerprint density at radius 1 is 0.818 bits per heavy atom. The molecule has 1 aromatic carbocycles. The molecule has 1 N–H and O–H groups in total. The van der Waals surface area contributed by atoms with Crippen molar-refractivity contribution in [1.29, 1.82) is 0 Å². The maximum Gasteiger partial charge on any atom is 0.252 e. The van der Waals surface area contributed by atoms with Crippen LogP contribution in [0.2, 0.25) is 0 Å².